The Morgan fingerprint density at radius 3 is 2.29 bits per heavy atom. The van der Waals surface area contributed by atoms with E-state index in [2.05, 4.69) is 0 Å². The highest BCUT2D eigenvalue weighted by Gasteiger charge is 2.30. The molecule has 0 bridgehead atoms. The van der Waals surface area contributed by atoms with E-state index in [-0.39, 0.29) is 16.7 Å². The van der Waals surface area contributed by atoms with Crippen LogP contribution in [0.15, 0.2) is 29.2 Å². The van der Waals surface area contributed by atoms with E-state index in [0.29, 0.717) is 17.9 Å². The SMILES string of the molecule is O=C(O)[C@@H](CC1CCCC1)c1ccc(SC(F)(F)F)cc1. The third-order valence-corrected chi connectivity index (χ3v) is 4.60. The summed E-state index contributed by atoms with van der Waals surface area (Å²) in [5.74, 6) is -1.12. The van der Waals surface area contributed by atoms with Gasteiger partial charge in [0.15, 0.2) is 0 Å². The third kappa shape index (κ3) is 4.95. The first-order chi connectivity index (χ1) is 9.85. The average Bonchev–Trinajstić information content (AvgIpc) is 2.88. The molecule has 116 valence electrons. The maximum Gasteiger partial charge on any atom is 0.446 e. The van der Waals surface area contributed by atoms with Crippen molar-refractivity contribution in [1.82, 2.24) is 0 Å². The first-order valence-corrected chi connectivity index (χ1v) is 7.75. The molecular weight excluding hydrogens is 301 g/mol. The van der Waals surface area contributed by atoms with Crippen LogP contribution in [-0.2, 0) is 4.79 Å². The lowest BCUT2D eigenvalue weighted by molar-refractivity contribution is -0.139. The highest BCUT2D eigenvalue weighted by Crippen LogP contribution is 2.38. The number of benzene rings is 1. The molecule has 0 aromatic heterocycles. The van der Waals surface area contributed by atoms with Crippen LogP contribution in [0.2, 0.25) is 0 Å². The predicted octanol–water partition coefficient (Wildman–Crippen LogP) is 5.05. The highest BCUT2D eigenvalue weighted by molar-refractivity contribution is 8.00. The summed E-state index contributed by atoms with van der Waals surface area (Å²) in [6.45, 7) is 0. The molecule has 1 atom stereocenters. The number of thioether (sulfide) groups is 1. The van der Waals surface area contributed by atoms with Gasteiger partial charge in [-0.25, -0.2) is 0 Å². The van der Waals surface area contributed by atoms with Crippen molar-refractivity contribution in [3.8, 4) is 0 Å². The van der Waals surface area contributed by atoms with Gasteiger partial charge >= 0.3 is 11.5 Å². The van der Waals surface area contributed by atoms with E-state index >= 15 is 0 Å². The second-order valence-corrected chi connectivity index (χ2v) is 6.53. The minimum atomic E-state index is -4.32. The summed E-state index contributed by atoms with van der Waals surface area (Å²) in [7, 11) is 0. The monoisotopic (exact) mass is 318 g/mol. The second kappa shape index (κ2) is 6.73. The zero-order valence-electron chi connectivity index (χ0n) is 11.4. The van der Waals surface area contributed by atoms with E-state index in [0.717, 1.165) is 25.7 Å². The number of alkyl halides is 3. The van der Waals surface area contributed by atoms with E-state index in [9.17, 15) is 23.1 Å². The maximum absolute atomic E-state index is 12.3. The Morgan fingerprint density at radius 1 is 1.24 bits per heavy atom. The van der Waals surface area contributed by atoms with Crippen molar-refractivity contribution in [3.63, 3.8) is 0 Å². The molecule has 6 heteroatoms. The number of hydrogen-bond acceptors (Lipinski definition) is 2. The Labute approximate surface area is 125 Å². The van der Waals surface area contributed by atoms with Crippen LogP contribution in [0.4, 0.5) is 13.2 Å². The van der Waals surface area contributed by atoms with Crippen LogP contribution in [0.5, 0.6) is 0 Å². The number of halogens is 3. The van der Waals surface area contributed by atoms with Gasteiger partial charge in [-0.1, -0.05) is 37.8 Å². The molecule has 1 aromatic rings. The van der Waals surface area contributed by atoms with E-state index in [1.165, 1.54) is 24.3 Å². The first-order valence-electron chi connectivity index (χ1n) is 6.93. The van der Waals surface area contributed by atoms with Crippen molar-refractivity contribution in [2.45, 2.75) is 48.4 Å². The molecular formula is C15H17F3O2S. The fourth-order valence-corrected chi connectivity index (χ4v) is 3.40. The summed E-state index contributed by atoms with van der Waals surface area (Å²) < 4.78 is 36.8. The van der Waals surface area contributed by atoms with Crippen molar-refractivity contribution in [3.05, 3.63) is 29.8 Å². The number of hydrogen-bond donors (Lipinski definition) is 1. The molecule has 0 radical (unpaired) electrons. The van der Waals surface area contributed by atoms with Crippen LogP contribution < -0.4 is 0 Å². The van der Waals surface area contributed by atoms with Crippen LogP contribution in [0.1, 0.15) is 43.6 Å². The lowest BCUT2D eigenvalue weighted by Gasteiger charge is -2.17. The summed E-state index contributed by atoms with van der Waals surface area (Å²) in [5.41, 5.74) is -3.74. The van der Waals surface area contributed by atoms with Crippen molar-refractivity contribution >= 4 is 17.7 Å². The smallest absolute Gasteiger partial charge is 0.446 e. The predicted molar refractivity (Wildman–Crippen MR) is 75.3 cm³/mol. The van der Waals surface area contributed by atoms with E-state index in [4.69, 9.17) is 0 Å². The largest absolute Gasteiger partial charge is 0.481 e. The van der Waals surface area contributed by atoms with Gasteiger partial charge in [0.25, 0.3) is 0 Å². The lowest BCUT2D eigenvalue weighted by Crippen LogP contribution is -2.15. The van der Waals surface area contributed by atoms with Gasteiger partial charge in [-0.05, 0) is 41.8 Å². The van der Waals surface area contributed by atoms with Crippen LogP contribution in [-0.4, -0.2) is 16.6 Å². The molecule has 1 aliphatic rings. The Bertz CT molecular complexity index is 479. The molecule has 1 aliphatic carbocycles. The highest BCUT2D eigenvalue weighted by atomic mass is 32.2. The van der Waals surface area contributed by atoms with E-state index in [1.807, 2.05) is 0 Å². The van der Waals surface area contributed by atoms with Crippen molar-refractivity contribution in [2.75, 3.05) is 0 Å². The first kappa shape index (κ1) is 16.2. The normalized spacial score (nSPS) is 17.9. The molecule has 21 heavy (non-hydrogen) atoms. The molecule has 1 N–H and O–H groups in total. The lowest BCUT2D eigenvalue weighted by atomic mass is 9.88. The molecule has 1 saturated carbocycles. The fraction of sp³-hybridized carbons (Fsp3) is 0.533. The third-order valence-electron chi connectivity index (χ3n) is 3.86. The molecule has 0 saturated heterocycles. The topological polar surface area (TPSA) is 37.3 Å². The van der Waals surface area contributed by atoms with Crippen LogP contribution in [0, 0.1) is 5.92 Å². The maximum atomic E-state index is 12.3. The molecule has 1 fully saturated rings. The summed E-state index contributed by atoms with van der Waals surface area (Å²) in [6.07, 6.45) is 4.94. The second-order valence-electron chi connectivity index (χ2n) is 5.39. The molecule has 0 amide bonds. The van der Waals surface area contributed by atoms with Gasteiger partial charge in [-0.15, -0.1) is 0 Å². The number of carbonyl (C=O) groups is 1. The average molecular weight is 318 g/mol. The zero-order valence-corrected chi connectivity index (χ0v) is 12.2. The number of rotatable bonds is 5. The van der Waals surface area contributed by atoms with Crippen LogP contribution >= 0.6 is 11.8 Å². The summed E-state index contributed by atoms with van der Waals surface area (Å²) >= 11 is -0.185. The van der Waals surface area contributed by atoms with Crippen molar-refractivity contribution < 1.29 is 23.1 Å². The standard InChI is InChI=1S/C15H17F3O2S/c16-15(17,18)21-12-7-5-11(6-8-12)13(14(19)20)9-10-3-1-2-4-10/h5-8,10,13H,1-4,9H2,(H,19,20)/t13-/m0/s1. The van der Waals surface area contributed by atoms with Gasteiger partial charge in [-0.2, -0.15) is 13.2 Å². The molecule has 2 rings (SSSR count). The van der Waals surface area contributed by atoms with Crippen LogP contribution in [0.25, 0.3) is 0 Å². The fourth-order valence-electron chi connectivity index (χ4n) is 2.86. The van der Waals surface area contributed by atoms with Crippen LogP contribution in [0.3, 0.4) is 0 Å². The number of carboxylic acid groups (broad SMARTS) is 1. The number of carboxylic acids is 1. The molecule has 0 heterocycles. The van der Waals surface area contributed by atoms with Gasteiger partial charge in [0, 0.05) is 4.90 Å². The van der Waals surface area contributed by atoms with Gasteiger partial charge in [0.1, 0.15) is 0 Å². The van der Waals surface area contributed by atoms with Gasteiger partial charge in [0.05, 0.1) is 5.92 Å². The molecule has 0 aliphatic heterocycles. The Morgan fingerprint density at radius 2 is 1.81 bits per heavy atom. The van der Waals surface area contributed by atoms with Crippen molar-refractivity contribution in [1.29, 1.82) is 0 Å². The van der Waals surface area contributed by atoms with Gasteiger partial charge < -0.3 is 5.11 Å². The number of aliphatic carboxylic acids is 1. The Balaban J connectivity index is 2.07. The molecule has 0 unspecified atom stereocenters. The molecule has 2 nitrogen and oxygen atoms in total. The molecule has 0 spiro atoms. The summed E-state index contributed by atoms with van der Waals surface area (Å²) in [5, 5.41) is 9.36. The summed E-state index contributed by atoms with van der Waals surface area (Å²) in [6, 6.07) is 5.69. The minimum Gasteiger partial charge on any atom is -0.481 e. The Kier molecular flexibility index (Phi) is 5.19. The zero-order chi connectivity index (χ0) is 15.5. The molecule has 1 aromatic carbocycles. The van der Waals surface area contributed by atoms with Gasteiger partial charge in [0.2, 0.25) is 0 Å². The minimum absolute atomic E-state index is 0.0799. The summed E-state index contributed by atoms with van der Waals surface area (Å²) in [4.78, 5) is 11.5. The quantitative estimate of drug-likeness (QED) is 0.772. The Hall–Kier alpha value is -1.17. The van der Waals surface area contributed by atoms with E-state index < -0.39 is 17.4 Å². The van der Waals surface area contributed by atoms with Crippen molar-refractivity contribution in [2.24, 2.45) is 5.92 Å². The van der Waals surface area contributed by atoms with E-state index in [1.54, 1.807) is 0 Å². The van der Waals surface area contributed by atoms with Gasteiger partial charge in [-0.3, -0.25) is 4.79 Å².